The van der Waals surface area contributed by atoms with Gasteiger partial charge in [0.2, 0.25) is 21.9 Å². The van der Waals surface area contributed by atoms with Crippen molar-refractivity contribution in [2.24, 2.45) is 0 Å². The molecule has 230 valence electrons. The Hall–Kier alpha value is -4.43. The summed E-state index contributed by atoms with van der Waals surface area (Å²) >= 11 is 0. The molecular weight excluding hydrogens is 578 g/mol. The number of carbonyl (C=O) groups is 2. The summed E-state index contributed by atoms with van der Waals surface area (Å²) in [7, 11) is 0.600. The summed E-state index contributed by atoms with van der Waals surface area (Å²) < 4.78 is 49.8. The molecule has 0 atom stereocenters. The molecule has 0 bridgehead atoms. The second-order valence-corrected chi connectivity index (χ2v) is 11.5. The van der Waals surface area contributed by atoms with Gasteiger partial charge >= 0.3 is 5.97 Å². The fourth-order valence-electron chi connectivity index (χ4n) is 4.74. The van der Waals surface area contributed by atoms with Crippen molar-refractivity contribution >= 4 is 33.5 Å². The molecule has 4 rings (SSSR count). The first-order valence-corrected chi connectivity index (χ1v) is 15.0. The van der Waals surface area contributed by atoms with Crippen LogP contribution in [-0.2, 0) is 19.6 Å². The van der Waals surface area contributed by atoms with Gasteiger partial charge in [0.1, 0.15) is 11.3 Å². The fourth-order valence-corrected chi connectivity index (χ4v) is 6.18. The minimum Gasteiger partial charge on any atom is -0.495 e. The molecule has 0 unspecified atom stereocenters. The molecule has 1 fully saturated rings. The van der Waals surface area contributed by atoms with Crippen molar-refractivity contribution in [2.45, 2.75) is 25.7 Å². The van der Waals surface area contributed by atoms with E-state index in [-0.39, 0.29) is 41.8 Å². The third kappa shape index (κ3) is 6.65. The Balaban J connectivity index is 1.63. The number of aryl methyl sites for hydroxylation is 1. The summed E-state index contributed by atoms with van der Waals surface area (Å²) in [6, 6.07) is 9.55. The van der Waals surface area contributed by atoms with E-state index in [0.29, 0.717) is 53.2 Å². The van der Waals surface area contributed by atoms with Crippen molar-refractivity contribution in [1.82, 2.24) is 14.3 Å². The standard InChI is InChI=1S/C29H35N5O8S/c1-7-42-28(36)26-18(2)30-29(32-27(26)20-8-11-23(39-4)25(16-20)41-6)33-12-14-34(15-13-33)43(37,38)21-9-10-22(31-19(3)35)24(17-21)40-5/h8-11,16-17H,7,12-15H2,1-6H3,(H,31,35). The first-order valence-electron chi connectivity index (χ1n) is 13.5. The third-order valence-corrected chi connectivity index (χ3v) is 8.75. The number of sulfonamides is 1. The van der Waals surface area contributed by atoms with Gasteiger partial charge in [-0.25, -0.2) is 23.2 Å². The Labute approximate surface area is 250 Å². The molecule has 1 N–H and O–H groups in total. The minimum absolute atomic E-state index is 0.0496. The molecule has 1 amide bonds. The molecule has 0 saturated carbocycles. The lowest BCUT2D eigenvalue weighted by molar-refractivity contribution is -0.114. The lowest BCUT2D eigenvalue weighted by Crippen LogP contribution is -2.49. The molecule has 0 spiro atoms. The topological polar surface area (TPSA) is 149 Å². The average molecular weight is 614 g/mol. The number of anilines is 2. The van der Waals surface area contributed by atoms with Gasteiger partial charge in [-0.15, -0.1) is 0 Å². The lowest BCUT2D eigenvalue weighted by Gasteiger charge is -2.34. The SMILES string of the molecule is CCOC(=O)c1c(C)nc(N2CCN(S(=O)(=O)c3ccc(NC(C)=O)c(OC)c3)CC2)nc1-c1ccc(OC)c(OC)c1. The second-order valence-electron chi connectivity index (χ2n) is 9.56. The van der Waals surface area contributed by atoms with Crippen LogP contribution in [0.2, 0.25) is 0 Å². The van der Waals surface area contributed by atoms with E-state index in [1.807, 2.05) is 4.90 Å². The summed E-state index contributed by atoms with van der Waals surface area (Å²) in [5.74, 6) is 0.735. The number of rotatable bonds is 10. The van der Waals surface area contributed by atoms with Crippen LogP contribution >= 0.6 is 0 Å². The number of nitrogens with one attached hydrogen (secondary N) is 1. The van der Waals surface area contributed by atoms with E-state index >= 15 is 0 Å². The Morgan fingerprint density at radius 2 is 1.58 bits per heavy atom. The zero-order valence-corrected chi connectivity index (χ0v) is 25.8. The lowest BCUT2D eigenvalue weighted by atomic mass is 10.0. The summed E-state index contributed by atoms with van der Waals surface area (Å²) in [5, 5.41) is 2.62. The number of methoxy groups -OCH3 is 3. The molecule has 0 aliphatic carbocycles. The molecular formula is C29H35N5O8S. The van der Waals surface area contributed by atoms with Crippen molar-refractivity contribution in [1.29, 1.82) is 0 Å². The van der Waals surface area contributed by atoms with E-state index in [0.717, 1.165) is 0 Å². The van der Waals surface area contributed by atoms with Gasteiger partial charge in [0.25, 0.3) is 0 Å². The summed E-state index contributed by atoms with van der Waals surface area (Å²) in [6.07, 6.45) is 0. The highest BCUT2D eigenvalue weighted by Gasteiger charge is 2.31. The third-order valence-electron chi connectivity index (χ3n) is 6.86. The fraction of sp³-hybridized carbons (Fsp3) is 0.379. The van der Waals surface area contributed by atoms with Gasteiger partial charge < -0.3 is 29.2 Å². The summed E-state index contributed by atoms with van der Waals surface area (Å²) in [6.45, 7) is 5.94. The zero-order chi connectivity index (χ0) is 31.3. The molecule has 1 aliphatic rings. The molecule has 43 heavy (non-hydrogen) atoms. The van der Waals surface area contributed by atoms with Crippen LogP contribution < -0.4 is 24.4 Å². The molecule has 14 heteroatoms. The normalized spacial score (nSPS) is 13.8. The zero-order valence-electron chi connectivity index (χ0n) is 25.0. The number of benzene rings is 2. The van der Waals surface area contributed by atoms with Crippen molar-refractivity contribution in [3.8, 4) is 28.5 Å². The predicted octanol–water partition coefficient (Wildman–Crippen LogP) is 3.12. The van der Waals surface area contributed by atoms with E-state index in [4.69, 9.17) is 23.9 Å². The smallest absolute Gasteiger partial charge is 0.342 e. The largest absolute Gasteiger partial charge is 0.495 e. The molecule has 2 aromatic carbocycles. The number of piperazine rings is 1. The van der Waals surface area contributed by atoms with Crippen LogP contribution in [0.4, 0.5) is 11.6 Å². The minimum atomic E-state index is -3.86. The molecule has 1 saturated heterocycles. The van der Waals surface area contributed by atoms with Gasteiger partial charge in [-0.05, 0) is 44.2 Å². The predicted molar refractivity (Wildman–Crippen MR) is 160 cm³/mol. The Morgan fingerprint density at radius 1 is 0.907 bits per heavy atom. The number of ether oxygens (including phenoxy) is 4. The Kier molecular flexibility index (Phi) is 9.71. The first kappa shape index (κ1) is 31.5. The van der Waals surface area contributed by atoms with Crippen LogP contribution in [0.1, 0.15) is 29.9 Å². The summed E-state index contributed by atoms with van der Waals surface area (Å²) in [5.41, 5.74) is 2.00. The van der Waals surface area contributed by atoms with Crippen molar-refractivity contribution in [3.63, 3.8) is 0 Å². The van der Waals surface area contributed by atoms with Gasteiger partial charge in [0.05, 0.1) is 49.9 Å². The van der Waals surface area contributed by atoms with Gasteiger partial charge in [-0.2, -0.15) is 4.31 Å². The van der Waals surface area contributed by atoms with E-state index in [1.54, 1.807) is 32.0 Å². The average Bonchev–Trinajstić information content (AvgIpc) is 3.00. The van der Waals surface area contributed by atoms with Crippen LogP contribution in [0.5, 0.6) is 17.2 Å². The Bertz CT molecular complexity index is 1620. The number of amides is 1. The van der Waals surface area contributed by atoms with Gasteiger partial charge in [-0.3, -0.25) is 4.79 Å². The van der Waals surface area contributed by atoms with Gasteiger partial charge in [0.15, 0.2) is 11.5 Å². The first-order chi connectivity index (χ1) is 20.5. The van der Waals surface area contributed by atoms with Crippen LogP contribution in [0, 0.1) is 6.92 Å². The molecule has 1 aliphatic heterocycles. The van der Waals surface area contributed by atoms with Crippen molar-refractivity contribution in [2.75, 3.05) is 64.3 Å². The maximum absolute atomic E-state index is 13.5. The van der Waals surface area contributed by atoms with Crippen molar-refractivity contribution < 1.29 is 37.0 Å². The monoisotopic (exact) mass is 613 g/mol. The highest BCUT2D eigenvalue weighted by molar-refractivity contribution is 7.89. The van der Waals surface area contributed by atoms with Crippen LogP contribution in [-0.4, -0.2) is 88.7 Å². The number of hydrogen-bond donors (Lipinski definition) is 1. The molecule has 13 nitrogen and oxygen atoms in total. The molecule has 1 aromatic heterocycles. The van der Waals surface area contributed by atoms with Crippen LogP contribution in [0.15, 0.2) is 41.3 Å². The van der Waals surface area contributed by atoms with Crippen LogP contribution in [0.25, 0.3) is 11.3 Å². The van der Waals surface area contributed by atoms with E-state index in [1.165, 1.54) is 50.8 Å². The number of esters is 1. The number of aromatic nitrogens is 2. The maximum atomic E-state index is 13.5. The van der Waals surface area contributed by atoms with E-state index < -0.39 is 16.0 Å². The molecule has 2 heterocycles. The summed E-state index contributed by atoms with van der Waals surface area (Å²) in [4.78, 5) is 35.7. The highest BCUT2D eigenvalue weighted by Crippen LogP contribution is 2.35. The van der Waals surface area contributed by atoms with E-state index in [2.05, 4.69) is 10.3 Å². The second kappa shape index (κ2) is 13.3. The highest BCUT2D eigenvalue weighted by atomic mass is 32.2. The van der Waals surface area contributed by atoms with E-state index in [9.17, 15) is 18.0 Å². The van der Waals surface area contributed by atoms with Gasteiger partial charge in [0, 0.05) is 44.7 Å². The quantitative estimate of drug-likeness (QED) is 0.336. The molecule has 0 radical (unpaired) electrons. The maximum Gasteiger partial charge on any atom is 0.342 e. The number of nitrogens with zero attached hydrogens (tertiary/aromatic N) is 4. The number of carbonyl (C=O) groups excluding carboxylic acids is 2. The van der Waals surface area contributed by atoms with Gasteiger partial charge in [-0.1, -0.05) is 0 Å². The molecule has 3 aromatic rings. The Morgan fingerprint density at radius 3 is 2.19 bits per heavy atom. The van der Waals surface area contributed by atoms with Crippen molar-refractivity contribution in [3.05, 3.63) is 47.7 Å². The number of hydrogen-bond acceptors (Lipinski definition) is 11. The van der Waals surface area contributed by atoms with Crippen LogP contribution in [0.3, 0.4) is 0 Å².